The molecule has 16 heavy (non-hydrogen) atoms. The maximum absolute atomic E-state index is 11.9. The van der Waals surface area contributed by atoms with E-state index >= 15 is 0 Å². The molecule has 1 atom stereocenters. The smallest absolute Gasteiger partial charge is 0.338 e. The largest absolute Gasteiger partial charge is 0.389 e. The first-order valence-corrected chi connectivity index (χ1v) is 4.50. The molecule has 0 saturated carbocycles. The Kier molecular flexibility index (Phi) is 3.90. The SMILES string of the molecule is C#CCC(N)c1nc(CCC(F)(F)F)no1. The van der Waals surface area contributed by atoms with Gasteiger partial charge >= 0.3 is 6.18 Å². The zero-order valence-corrected chi connectivity index (χ0v) is 8.29. The van der Waals surface area contributed by atoms with Crippen molar-refractivity contribution in [1.29, 1.82) is 0 Å². The van der Waals surface area contributed by atoms with Gasteiger partial charge in [-0.05, 0) is 0 Å². The van der Waals surface area contributed by atoms with E-state index in [1.54, 1.807) is 0 Å². The summed E-state index contributed by atoms with van der Waals surface area (Å²) in [7, 11) is 0. The number of nitrogens with zero attached hydrogens (tertiary/aromatic N) is 2. The van der Waals surface area contributed by atoms with Crippen LogP contribution < -0.4 is 5.73 Å². The van der Waals surface area contributed by atoms with Crippen molar-refractivity contribution in [2.75, 3.05) is 0 Å². The van der Waals surface area contributed by atoms with Gasteiger partial charge in [0.1, 0.15) is 0 Å². The standard InChI is InChI=1S/C9H10F3N3O/c1-2-3-6(13)8-14-7(15-16-8)4-5-9(10,11)12/h1,6H,3-5,13H2. The summed E-state index contributed by atoms with van der Waals surface area (Å²) in [6.07, 6.45) is -0.332. The van der Waals surface area contributed by atoms with Crippen LogP contribution in [0.15, 0.2) is 4.52 Å². The summed E-state index contributed by atoms with van der Waals surface area (Å²) in [6.45, 7) is 0. The summed E-state index contributed by atoms with van der Waals surface area (Å²) in [5, 5.41) is 3.39. The van der Waals surface area contributed by atoms with Crippen LogP contribution in [0.3, 0.4) is 0 Å². The highest BCUT2D eigenvalue weighted by molar-refractivity contribution is 4.98. The van der Waals surface area contributed by atoms with Crippen LogP contribution in [-0.4, -0.2) is 16.3 Å². The van der Waals surface area contributed by atoms with Gasteiger partial charge in [-0.1, -0.05) is 5.16 Å². The highest BCUT2D eigenvalue weighted by atomic mass is 19.4. The lowest BCUT2D eigenvalue weighted by atomic mass is 10.2. The van der Waals surface area contributed by atoms with E-state index in [2.05, 4.69) is 16.1 Å². The fourth-order valence-corrected chi connectivity index (χ4v) is 0.987. The van der Waals surface area contributed by atoms with Crippen LogP contribution in [0.4, 0.5) is 13.2 Å². The fraction of sp³-hybridized carbons (Fsp3) is 0.556. The molecule has 1 rings (SSSR count). The summed E-state index contributed by atoms with van der Waals surface area (Å²) in [6, 6.07) is -0.628. The van der Waals surface area contributed by atoms with Gasteiger partial charge in [0.15, 0.2) is 5.82 Å². The molecule has 1 unspecified atom stereocenters. The molecule has 1 heterocycles. The van der Waals surface area contributed by atoms with Crippen molar-refractivity contribution >= 4 is 0 Å². The lowest BCUT2D eigenvalue weighted by Gasteiger charge is -2.02. The summed E-state index contributed by atoms with van der Waals surface area (Å²) in [4.78, 5) is 3.73. The molecule has 1 aromatic rings. The second-order valence-corrected chi connectivity index (χ2v) is 3.18. The minimum atomic E-state index is -4.23. The van der Waals surface area contributed by atoms with Gasteiger partial charge in [0.2, 0.25) is 5.89 Å². The molecular formula is C9H10F3N3O. The molecule has 0 radical (unpaired) electrons. The van der Waals surface area contributed by atoms with Gasteiger partial charge < -0.3 is 10.3 Å². The van der Waals surface area contributed by atoms with E-state index in [1.165, 1.54) is 0 Å². The fourth-order valence-electron chi connectivity index (χ4n) is 0.987. The highest BCUT2D eigenvalue weighted by Crippen LogP contribution is 2.21. The lowest BCUT2D eigenvalue weighted by Crippen LogP contribution is -2.11. The number of aryl methyl sites for hydroxylation is 1. The average Bonchev–Trinajstić information content (AvgIpc) is 2.62. The molecule has 0 aliphatic heterocycles. The van der Waals surface area contributed by atoms with Crippen LogP contribution in [0.5, 0.6) is 0 Å². The molecule has 2 N–H and O–H groups in total. The number of terminal acetylenes is 1. The van der Waals surface area contributed by atoms with Gasteiger partial charge in [-0.3, -0.25) is 0 Å². The van der Waals surface area contributed by atoms with E-state index in [0.29, 0.717) is 0 Å². The van der Waals surface area contributed by atoms with Crippen molar-refractivity contribution in [3.05, 3.63) is 11.7 Å². The molecule has 0 aromatic carbocycles. The predicted molar refractivity (Wildman–Crippen MR) is 49.1 cm³/mol. The first kappa shape index (κ1) is 12.5. The zero-order chi connectivity index (χ0) is 12.2. The maximum Gasteiger partial charge on any atom is 0.389 e. The van der Waals surface area contributed by atoms with Crippen LogP contribution in [0, 0.1) is 12.3 Å². The number of rotatable bonds is 4. The second kappa shape index (κ2) is 4.99. The monoisotopic (exact) mass is 233 g/mol. The summed E-state index contributed by atoms with van der Waals surface area (Å²) in [5.74, 6) is 2.35. The van der Waals surface area contributed by atoms with Crippen molar-refractivity contribution in [3.8, 4) is 12.3 Å². The average molecular weight is 233 g/mol. The Morgan fingerprint density at radius 1 is 1.50 bits per heavy atom. The zero-order valence-electron chi connectivity index (χ0n) is 8.29. The van der Waals surface area contributed by atoms with Crippen LogP contribution in [-0.2, 0) is 6.42 Å². The molecule has 0 fully saturated rings. The Morgan fingerprint density at radius 3 is 2.75 bits per heavy atom. The number of aromatic nitrogens is 2. The van der Waals surface area contributed by atoms with Crippen LogP contribution in [0.25, 0.3) is 0 Å². The first-order valence-electron chi connectivity index (χ1n) is 4.50. The van der Waals surface area contributed by atoms with Crippen LogP contribution in [0.1, 0.15) is 30.6 Å². The number of hydrogen-bond donors (Lipinski definition) is 1. The molecular weight excluding hydrogens is 223 g/mol. The van der Waals surface area contributed by atoms with Gasteiger partial charge in [-0.2, -0.15) is 18.2 Å². The highest BCUT2D eigenvalue weighted by Gasteiger charge is 2.27. The number of alkyl halides is 3. The Bertz CT molecular complexity index is 380. The number of nitrogens with two attached hydrogens (primary N) is 1. The molecule has 0 aliphatic rings. The third-order valence-corrected chi connectivity index (χ3v) is 1.77. The maximum atomic E-state index is 11.9. The van der Waals surface area contributed by atoms with E-state index in [1.807, 2.05) is 0 Å². The van der Waals surface area contributed by atoms with E-state index in [0.717, 1.165) is 0 Å². The molecule has 0 amide bonds. The summed E-state index contributed by atoms with van der Waals surface area (Å²) >= 11 is 0. The minimum Gasteiger partial charge on any atom is -0.338 e. The number of halogens is 3. The van der Waals surface area contributed by atoms with Crippen molar-refractivity contribution in [2.45, 2.75) is 31.5 Å². The summed E-state index contributed by atoms with van der Waals surface area (Å²) < 4.78 is 40.4. The van der Waals surface area contributed by atoms with Crippen molar-refractivity contribution in [2.24, 2.45) is 5.73 Å². The Labute approximate surface area is 90.0 Å². The molecule has 0 aliphatic carbocycles. The van der Waals surface area contributed by atoms with Crippen LogP contribution >= 0.6 is 0 Å². The van der Waals surface area contributed by atoms with Crippen molar-refractivity contribution in [1.82, 2.24) is 10.1 Å². The molecule has 0 spiro atoms. The van der Waals surface area contributed by atoms with Crippen LogP contribution in [0.2, 0.25) is 0 Å². The molecule has 7 heteroatoms. The Balaban J connectivity index is 2.55. The Morgan fingerprint density at radius 2 is 2.19 bits per heavy atom. The molecule has 1 aromatic heterocycles. The summed E-state index contributed by atoms with van der Waals surface area (Å²) in [5.41, 5.74) is 5.54. The topological polar surface area (TPSA) is 64.9 Å². The molecule has 88 valence electrons. The first-order chi connectivity index (χ1) is 7.42. The third-order valence-electron chi connectivity index (χ3n) is 1.77. The normalized spacial score (nSPS) is 13.4. The van der Waals surface area contributed by atoms with E-state index in [9.17, 15) is 13.2 Å². The van der Waals surface area contributed by atoms with Gasteiger partial charge in [0.25, 0.3) is 0 Å². The van der Waals surface area contributed by atoms with E-state index in [4.69, 9.17) is 16.7 Å². The minimum absolute atomic E-state index is 0.0141. The lowest BCUT2D eigenvalue weighted by molar-refractivity contribution is -0.134. The van der Waals surface area contributed by atoms with Gasteiger partial charge in [-0.15, -0.1) is 12.3 Å². The van der Waals surface area contributed by atoms with Gasteiger partial charge in [0.05, 0.1) is 12.5 Å². The van der Waals surface area contributed by atoms with E-state index in [-0.39, 0.29) is 24.6 Å². The van der Waals surface area contributed by atoms with Gasteiger partial charge in [-0.25, -0.2) is 0 Å². The van der Waals surface area contributed by atoms with Gasteiger partial charge in [0, 0.05) is 12.8 Å². The molecule has 0 bridgehead atoms. The van der Waals surface area contributed by atoms with Crippen molar-refractivity contribution in [3.63, 3.8) is 0 Å². The molecule has 4 nitrogen and oxygen atoms in total. The van der Waals surface area contributed by atoms with E-state index < -0.39 is 18.6 Å². The third kappa shape index (κ3) is 3.90. The second-order valence-electron chi connectivity index (χ2n) is 3.18. The number of hydrogen-bond acceptors (Lipinski definition) is 4. The predicted octanol–water partition coefficient (Wildman–Crippen LogP) is 1.59. The molecule has 0 saturated heterocycles. The van der Waals surface area contributed by atoms with Crippen molar-refractivity contribution < 1.29 is 17.7 Å². The Hall–Kier alpha value is -1.55. The quantitative estimate of drug-likeness (QED) is 0.802.